The number of carboxylic acid groups (broad SMARTS) is 1. The summed E-state index contributed by atoms with van der Waals surface area (Å²) in [4.78, 5) is 23.0. The molecule has 0 aliphatic heterocycles. The molecule has 8 heteroatoms. The fraction of sp³-hybridized carbons (Fsp3) is 0.143. The first kappa shape index (κ1) is 19.8. The fourth-order valence-electron chi connectivity index (χ4n) is 2.57. The van der Waals surface area contributed by atoms with Gasteiger partial charge >= 0.3 is 5.97 Å². The third-order valence-corrected chi connectivity index (χ3v) is 4.27. The highest BCUT2D eigenvalue weighted by Crippen LogP contribution is 2.21. The normalized spacial score (nSPS) is 10.8. The van der Waals surface area contributed by atoms with Crippen LogP contribution in [0.4, 0.5) is 0 Å². The van der Waals surface area contributed by atoms with Gasteiger partial charge in [-0.05, 0) is 49.2 Å². The number of H-pyrrole nitrogens is 1. The number of hydrogen-bond donors (Lipinski definition) is 3. The predicted molar refractivity (Wildman–Crippen MR) is 108 cm³/mol. The average molecular weight is 392 g/mol. The summed E-state index contributed by atoms with van der Waals surface area (Å²) in [5.41, 5.74) is 7.12. The Labute approximate surface area is 167 Å². The minimum atomic E-state index is -1.08. The molecule has 0 spiro atoms. The van der Waals surface area contributed by atoms with Gasteiger partial charge < -0.3 is 9.84 Å². The van der Waals surface area contributed by atoms with Gasteiger partial charge in [0.2, 0.25) is 0 Å². The van der Waals surface area contributed by atoms with Crippen molar-refractivity contribution in [3.8, 4) is 17.0 Å². The Morgan fingerprint density at radius 1 is 1.17 bits per heavy atom. The molecular formula is C21H20N4O4. The Morgan fingerprint density at radius 2 is 1.97 bits per heavy atom. The predicted octanol–water partition coefficient (Wildman–Crippen LogP) is 2.92. The van der Waals surface area contributed by atoms with Gasteiger partial charge in [-0.2, -0.15) is 10.2 Å². The molecule has 148 valence electrons. The number of ether oxygens (including phenoxy) is 1. The number of rotatable bonds is 7. The molecule has 0 bridgehead atoms. The highest BCUT2D eigenvalue weighted by molar-refractivity contribution is 5.94. The smallest absolute Gasteiger partial charge is 0.341 e. The Hall–Kier alpha value is -3.94. The van der Waals surface area contributed by atoms with Crippen LogP contribution in [0.3, 0.4) is 0 Å². The second kappa shape index (κ2) is 8.83. The van der Waals surface area contributed by atoms with Crippen molar-refractivity contribution in [1.82, 2.24) is 15.6 Å². The molecular weight excluding hydrogens is 372 g/mol. The molecule has 0 saturated carbocycles. The molecule has 0 saturated heterocycles. The lowest BCUT2D eigenvalue weighted by Crippen LogP contribution is -2.18. The molecule has 2 aromatic carbocycles. The molecule has 3 rings (SSSR count). The molecule has 0 fully saturated rings. The number of aliphatic carboxylic acids is 1. The number of amides is 1. The van der Waals surface area contributed by atoms with Crippen molar-refractivity contribution >= 4 is 18.1 Å². The highest BCUT2D eigenvalue weighted by atomic mass is 16.5. The van der Waals surface area contributed by atoms with E-state index >= 15 is 0 Å². The molecule has 0 unspecified atom stereocenters. The maximum atomic E-state index is 12.3. The largest absolute Gasteiger partial charge is 0.481 e. The minimum Gasteiger partial charge on any atom is -0.481 e. The van der Waals surface area contributed by atoms with Crippen LogP contribution in [0.5, 0.6) is 5.75 Å². The zero-order chi connectivity index (χ0) is 20.8. The summed E-state index contributed by atoms with van der Waals surface area (Å²) >= 11 is 0. The average Bonchev–Trinajstić information content (AvgIpc) is 3.19. The third-order valence-electron chi connectivity index (χ3n) is 4.27. The Bertz CT molecular complexity index is 1070. The molecule has 3 N–H and O–H groups in total. The van der Waals surface area contributed by atoms with Crippen LogP contribution >= 0.6 is 0 Å². The van der Waals surface area contributed by atoms with Gasteiger partial charge in [-0.3, -0.25) is 9.89 Å². The van der Waals surface area contributed by atoms with Gasteiger partial charge in [0.15, 0.2) is 6.61 Å². The third kappa shape index (κ3) is 5.07. The SMILES string of the molecule is Cc1ccc(-c2cc(C(=O)N/N=C/c3ccccc3OCC(=O)O)[nH]n2)cc1C. The number of carbonyl (C=O) groups excluding carboxylic acids is 1. The monoisotopic (exact) mass is 392 g/mol. The second-order valence-corrected chi connectivity index (χ2v) is 6.39. The quantitative estimate of drug-likeness (QED) is 0.422. The van der Waals surface area contributed by atoms with Gasteiger partial charge in [-0.15, -0.1) is 0 Å². The molecule has 0 radical (unpaired) electrons. The summed E-state index contributed by atoms with van der Waals surface area (Å²) in [6.45, 7) is 3.59. The topological polar surface area (TPSA) is 117 Å². The van der Waals surface area contributed by atoms with Gasteiger partial charge in [-0.1, -0.05) is 24.3 Å². The molecule has 1 amide bonds. The first-order chi connectivity index (χ1) is 13.9. The highest BCUT2D eigenvalue weighted by Gasteiger charge is 2.11. The molecule has 0 aliphatic carbocycles. The second-order valence-electron chi connectivity index (χ2n) is 6.39. The first-order valence-corrected chi connectivity index (χ1v) is 8.84. The van der Waals surface area contributed by atoms with E-state index in [-0.39, 0.29) is 5.69 Å². The molecule has 0 atom stereocenters. The number of hydrazone groups is 1. The standard InChI is InChI=1S/C21H20N4O4/c1-13-7-8-15(9-14(13)2)17-10-18(24-23-17)21(28)25-22-11-16-5-3-4-6-19(16)29-12-20(26)27/h3-11H,12H2,1-2H3,(H,23,24)(H,25,28)(H,26,27)/b22-11+. The van der Waals surface area contributed by atoms with Crippen molar-refractivity contribution in [2.45, 2.75) is 13.8 Å². The van der Waals surface area contributed by atoms with Crippen molar-refractivity contribution in [3.63, 3.8) is 0 Å². The number of carboxylic acids is 1. The number of para-hydroxylation sites is 1. The number of nitrogens with zero attached hydrogens (tertiary/aromatic N) is 2. The van der Waals surface area contributed by atoms with E-state index in [1.165, 1.54) is 11.8 Å². The zero-order valence-corrected chi connectivity index (χ0v) is 16.0. The van der Waals surface area contributed by atoms with E-state index in [9.17, 15) is 9.59 Å². The maximum Gasteiger partial charge on any atom is 0.341 e. The van der Waals surface area contributed by atoms with E-state index in [2.05, 4.69) is 20.7 Å². The van der Waals surface area contributed by atoms with Crippen molar-refractivity contribution < 1.29 is 19.4 Å². The summed E-state index contributed by atoms with van der Waals surface area (Å²) in [6.07, 6.45) is 1.38. The molecule has 1 aromatic heterocycles. The van der Waals surface area contributed by atoms with Crippen molar-refractivity contribution in [3.05, 3.63) is 70.9 Å². The van der Waals surface area contributed by atoms with Gasteiger partial charge in [0.05, 0.1) is 11.9 Å². The summed E-state index contributed by atoms with van der Waals surface area (Å²) in [5.74, 6) is -1.18. The lowest BCUT2D eigenvalue weighted by molar-refractivity contribution is -0.139. The molecule has 29 heavy (non-hydrogen) atoms. The van der Waals surface area contributed by atoms with Crippen molar-refractivity contribution in [2.75, 3.05) is 6.61 Å². The number of aromatic nitrogens is 2. The van der Waals surface area contributed by atoms with Gasteiger partial charge in [0.25, 0.3) is 5.91 Å². The number of aromatic amines is 1. The van der Waals surface area contributed by atoms with E-state index in [0.29, 0.717) is 17.0 Å². The van der Waals surface area contributed by atoms with E-state index in [4.69, 9.17) is 9.84 Å². The van der Waals surface area contributed by atoms with Crippen LogP contribution in [0.2, 0.25) is 0 Å². The summed E-state index contributed by atoms with van der Waals surface area (Å²) in [5, 5.41) is 19.5. The van der Waals surface area contributed by atoms with E-state index in [1.54, 1.807) is 30.3 Å². The number of hydrogen-bond acceptors (Lipinski definition) is 5. The minimum absolute atomic E-state index is 0.269. The Morgan fingerprint density at radius 3 is 2.72 bits per heavy atom. The van der Waals surface area contributed by atoms with Crippen LogP contribution in [0, 0.1) is 13.8 Å². The van der Waals surface area contributed by atoms with Crippen molar-refractivity contribution in [1.29, 1.82) is 0 Å². The van der Waals surface area contributed by atoms with Gasteiger partial charge in [0, 0.05) is 11.1 Å². The van der Waals surface area contributed by atoms with E-state index < -0.39 is 18.5 Å². The Kier molecular flexibility index (Phi) is 6.03. The van der Waals surface area contributed by atoms with Crippen LogP contribution in [0.15, 0.2) is 53.6 Å². The van der Waals surface area contributed by atoms with E-state index in [1.807, 2.05) is 32.0 Å². The fourth-order valence-corrected chi connectivity index (χ4v) is 2.57. The molecule has 0 aliphatic rings. The zero-order valence-electron chi connectivity index (χ0n) is 16.0. The van der Waals surface area contributed by atoms with Crippen LogP contribution < -0.4 is 10.2 Å². The van der Waals surface area contributed by atoms with Crippen LogP contribution in [0.1, 0.15) is 27.2 Å². The molecule has 8 nitrogen and oxygen atoms in total. The van der Waals surface area contributed by atoms with Gasteiger partial charge in [0.1, 0.15) is 11.4 Å². The Balaban J connectivity index is 1.67. The maximum absolute atomic E-state index is 12.3. The first-order valence-electron chi connectivity index (χ1n) is 8.84. The van der Waals surface area contributed by atoms with Gasteiger partial charge in [-0.25, -0.2) is 10.2 Å². The van der Waals surface area contributed by atoms with Crippen LogP contribution in [-0.4, -0.2) is 40.0 Å². The lowest BCUT2D eigenvalue weighted by Gasteiger charge is -2.06. The van der Waals surface area contributed by atoms with Crippen LogP contribution in [0.25, 0.3) is 11.3 Å². The summed E-state index contributed by atoms with van der Waals surface area (Å²) in [7, 11) is 0. The van der Waals surface area contributed by atoms with E-state index in [0.717, 1.165) is 11.1 Å². The van der Waals surface area contributed by atoms with Crippen molar-refractivity contribution in [2.24, 2.45) is 5.10 Å². The number of benzene rings is 2. The molecule has 1 heterocycles. The number of aryl methyl sites for hydroxylation is 2. The number of carbonyl (C=O) groups is 2. The summed E-state index contributed by atoms with van der Waals surface area (Å²) in [6, 6.07) is 14.4. The summed E-state index contributed by atoms with van der Waals surface area (Å²) < 4.78 is 5.19. The number of nitrogens with one attached hydrogen (secondary N) is 2. The van der Waals surface area contributed by atoms with Crippen LogP contribution in [-0.2, 0) is 4.79 Å². The lowest BCUT2D eigenvalue weighted by atomic mass is 10.0. The molecule has 3 aromatic rings.